The highest BCUT2D eigenvalue weighted by atomic mass is 35.5. The van der Waals surface area contributed by atoms with Crippen molar-refractivity contribution in [1.82, 2.24) is 10.2 Å². The number of halogens is 3. The van der Waals surface area contributed by atoms with Crippen molar-refractivity contribution in [2.24, 2.45) is 0 Å². The van der Waals surface area contributed by atoms with Gasteiger partial charge in [0, 0.05) is 26.2 Å². The van der Waals surface area contributed by atoms with Crippen molar-refractivity contribution in [3.63, 3.8) is 0 Å². The molecule has 1 aliphatic rings. The number of nitrogens with zero attached hydrogens (tertiary/aromatic N) is 1. The molecule has 1 heterocycles. The van der Waals surface area contributed by atoms with Crippen molar-refractivity contribution in [2.75, 3.05) is 26.2 Å². The Balaban J connectivity index is 0.00000200. The van der Waals surface area contributed by atoms with Gasteiger partial charge in [0.05, 0.1) is 5.02 Å². The quantitative estimate of drug-likeness (QED) is 0.926. The molecule has 0 radical (unpaired) electrons. The molecule has 1 atom stereocenters. The van der Waals surface area contributed by atoms with Crippen molar-refractivity contribution >= 4 is 29.9 Å². The second-order valence-corrected chi connectivity index (χ2v) is 4.82. The van der Waals surface area contributed by atoms with E-state index in [1.165, 1.54) is 18.2 Å². The second kappa shape index (κ2) is 7.67. The van der Waals surface area contributed by atoms with E-state index in [2.05, 4.69) is 5.32 Å². The summed E-state index contributed by atoms with van der Waals surface area (Å²) in [4.78, 5) is 13.9. The first-order chi connectivity index (χ1) is 9.08. The standard InChI is InChI=1S/C13H16ClFN2O2.ClH/c1-9(13(18)17-6-4-16-5-7-17)19-12-3-2-10(15)8-11(12)14;/h2-3,8-9,16H,4-7H2,1H3;1H. The van der Waals surface area contributed by atoms with Crippen LogP contribution in [0.3, 0.4) is 0 Å². The van der Waals surface area contributed by atoms with Crippen LogP contribution in [0, 0.1) is 5.82 Å². The number of hydrogen-bond donors (Lipinski definition) is 1. The lowest BCUT2D eigenvalue weighted by Crippen LogP contribution is -2.50. The summed E-state index contributed by atoms with van der Waals surface area (Å²) < 4.78 is 18.4. The van der Waals surface area contributed by atoms with Gasteiger partial charge in [-0.15, -0.1) is 12.4 Å². The maximum Gasteiger partial charge on any atom is 0.263 e. The van der Waals surface area contributed by atoms with E-state index in [4.69, 9.17) is 16.3 Å². The van der Waals surface area contributed by atoms with E-state index in [-0.39, 0.29) is 23.3 Å². The highest BCUT2D eigenvalue weighted by Crippen LogP contribution is 2.26. The number of benzene rings is 1. The van der Waals surface area contributed by atoms with Crippen LogP contribution in [-0.4, -0.2) is 43.1 Å². The van der Waals surface area contributed by atoms with Crippen LogP contribution in [0.25, 0.3) is 0 Å². The van der Waals surface area contributed by atoms with E-state index in [1.807, 2.05) is 0 Å². The van der Waals surface area contributed by atoms with Gasteiger partial charge >= 0.3 is 0 Å². The van der Waals surface area contributed by atoms with E-state index < -0.39 is 11.9 Å². The van der Waals surface area contributed by atoms with E-state index >= 15 is 0 Å². The lowest BCUT2D eigenvalue weighted by molar-refractivity contribution is -0.138. The van der Waals surface area contributed by atoms with Crippen molar-refractivity contribution < 1.29 is 13.9 Å². The van der Waals surface area contributed by atoms with Gasteiger partial charge in [0.15, 0.2) is 6.10 Å². The number of piperazine rings is 1. The summed E-state index contributed by atoms with van der Waals surface area (Å²) in [6.07, 6.45) is -0.638. The molecule has 0 aromatic heterocycles. The first-order valence-electron chi connectivity index (χ1n) is 6.19. The Morgan fingerprint density at radius 2 is 2.10 bits per heavy atom. The molecule has 0 spiro atoms. The van der Waals surface area contributed by atoms with Crippen LogP contribution in [0.15, 0.2) is 18.2 Å². The van der Waals surface area contributed by atoms with Gasteiger partial charge in [0.25, 0.3) is 5.91 Å². The van der Waals surface area contributed by atoms with E-state index in [9.17, 15) is 9.18 Å². The SMILES string of the molecule is CC(Oc1ccc(F)cc1Cl)C(=O)N1CCNCC1.Cl. The summed E-state index contributed by atoms with van der Waals surface area (Å²) in [6, 6.07) is 3.85. The minimum absolute atomic E-state index is 0. The van der Waals surface area contributed by atoms with E-state index in [0.717, 1.165) is 13.1 Å². The number of carbonyl (C=O) groups excluding carboxylic acids is 1. The average molecular weight is 323 g/mol. The molecule has 1 unspecified atom stereocenters. The van der Waals surface area contributed by atoms with Gasteiger partial charge in [-0.05, 0) is 25.1 Å². The van der Waals surface area contributed by atoms with Gasteiger partial charge in [-0.1, -0.05) is 11.6 Å². The molecule has 0 aliphatic carbocycles. The Morgan fingerprint density at radius 3 is 2.70 bits per heavy atom. The minimum atomic E-state index is -0.638. The van der Waals surface area contributed by atoms with Gasteiger partial charge in [-0.3, -0.25) is 4.79 Å². The molecule has 20 heavy (non-hydrogen) atoms. The third-order valence-corrected chi connectivity index (χ3v) is 3.27. The molecule has 7 heteroatoms. The van der Waals surface area contributed by atoms with Crippen LogP contribution in [0.2, 0.25) is 5.02 Å². The molecular formula is C13H17Cl2FN2O2. The molecule has 1 aromatic carbocycles. The van der Waals surface area contributed by atoms with Crippen LogP contribution in [0.5, 0.6) is 5.75 Å². The molecule has 1 saturated heterocycles. The highest BCUT2D eigenvalue weighted by Gasteiger charge is 2.23. The molecule has 0 saturated carbocycles. The summed E-state index contributed by atoms with van der Waals surface area (Å²) >= 11 is 5.86. The zero-order valence-corrected chi connectivity index (χ0v) is 12.6. The van der Waals surface area contributed by atoms with E-state index in [0.29, 0.717) is 18.8 Å². The van der Waals surface area contributed by atoms with Crippen LogP contribution in [-0.2, 0) is 4.79 Å². The largest absolute Gasteiger partial charge is 0.479 e. The number of amides is 1. The summed E-state index contributed by atoms with van der Waals surface area (Å²) in [5.41, 5.74) is 0. The molecule has 2 rings (SSSR count). The van der Waals surface area contributed by atoms with Gasteiger partial charge in [-0.2, -0.15) is 0 Å². The lowest BCUT2D eigenvalue weighted by Gasteiger charge is -2.29. The predicted octanol–water partition coefficient (Wildman–Crippen LogP) is 2.10. The minimum Gasteiger partial charge on any atom is -0.479 e. The Labute approximate surface area is 128 Å². The predicted molar refractivity (Wildman–Crippen MR) is 78.2 cm³/mol. The van der Waals surface area contributed by atoms with Crippen LogP contribution in [0.1, 0.15) is 6.92 Å². The molecule has 1 N–H and O–H groups in total. The Kier molecular flexibility index (Phi) is 6.52. The topological polar surface area (TPSA) is 41.6 Å². The summed E-state index contributed by atoms with van der Waals surface area (Å²) in [7, 11) is 0. The normalized spacial score (nSPS) is 16.2. The lowest BCUT2D eigenvalue weighted by atomic mass is 10.2. The third kappa shape index (κ3) is 4.23. The summed E-state index contributed by atoms with van der Waals surface area (Å²) in [5.74, 6) is -0.195. The van der Waals surface area contributed by atoms with Gasteiger partial charge in [-0.25, -0.2) is 4.39 Å². The molecule has 1 fully saturated rings. The Morgan fingerprint density at radius 1 is 1.45 bits per heavy atom. The third-order valence-electron chi connectivity index (χ3n) is 2.97. The van der Waals surface area contributed by atoms with Gasteiger partial charge < -0.3 is 15.0 Å². The number of hydrogen-bond acceptors (Lipinski definition) is 3. The van der Waals surface area contributed by atoms with Crippen LogP contribution in [0.4, 0.5) is 4.39 Å². The van der Waals surface area contributed by atoms with E-state index in [1.54, 1.807) is 11.8 Å². The van der Waals surface area contributed by atoms with Crippen LogP contribution < -0.4 is 10.1 Å². The average Bonchev–Trinajstić information content (AvgIpc) is 2.42. The maximum atomic E-state index is 12.9. The van der Waals surface area contributed by atoms with Crippen molar-refractivity contribution in [2.45, 2.75) is 13.0 Å². The first-order valence-corrected chi connectivity index (χ1v) is 6.57. The molecule has 1 amide bonds. The zero-order chi connectivity index (χ0) is 13.8. The fourth-order valence-electron chi connectivity index (χ4n) is 1.95. The zero-order valence-electron chi connectivity index (χ0n) is 11.1. The maximum absolute atomic E-state index is 12.9. The van der Waals surface area contributed by atoms with Crippen LogP contribution >= 0.6 is 24.0 Å². The molecule has 1 aliphatic heterocycles. The van der Waals surface area contributed by atoms with Crippen molar-refractivity contribution in [1.29, 1.82) is 0 Å². The second-order valence-electron chi connectivity index (χ2n) is 4.41. The monoisotopic (exact) mass is 322 g/mol. The molecule has 0 bridgehead atoms. The first kappa shape index (κ1) is 17.0. The fraction of sp³-hybridized carbons (Fsp3) is 0.462. The molecule has 4 nitrogen and oxygen atoms in total. The Hall–Kier alpha value is -1.04. The van der Waals surface area contributed by atoms with Crippen molar-refractivity contribution in [3.8, 4) is 5.75 Å². The fourth-order valence-corrected chi connectivity index (χ4v) is 2.17. The number of ether oxygens (including phenoxy) is 1. The molecule has 1 aromatic rings. The molecular weight excluding hydrogens is 306 g/mol. The van der Waals surface area contributed by atoms with Crippen molar-refractivity contribution in [3.05, 3.63) is 29.0 Å². The summed E-state index contributed by atoms with van der Waals surface area (Å²) in [6.45, 7) is 4.59. The number of carbonyl (C=O) groups is 1. The number of rotatable bonds is 3. The van der Waals surface area contributed by atoms with Gasteiger partial charge in [0.1, 0.15) is 11.6 Å². The van der Waals surface area contributed by atoms with Gasteiger partial charge in [0.2, 0.25) is 0 Å². The molecule has 112 valence electrons. The number of nitrogens with one attached hydrogen (secondary N) is 1. The highest BCUT2D eigenvalue weighted by molar-refractivity contribution is 6.32. The Bertz CT molecular complexity index is 468. The summed E-state index contributed by atoms with van der Waals surface area (Å²) in [5, 5.41) is 3.34. The smallest absolute Gasteiger partial charge is 0.263 e.